The third-order valence-electron chi connectivity index (χ3n) is 3.07. The van der Waals surface area contributed by atoms with Crippen LogP contribution in [-0.4, -0.2) is 5.91 Å². The Balaban J connectivity index is 1.99. The van der Waals surface area contributed by atoms with Crippen LogP contribution < -0.4 is 5.32 Å². The molecule has 0 aliphatic heterocycles. The summed E-state index contributed by atoms with van der Waals surface area (Å²) in [5, 5.41) is 12.5. The fourth-order valence-corrected chi connectivity index (χ4v) is 2.06. The van der Waals surface area contributed by atoms with E-state index in [-0.39, 0.29) is 11.5 Å². The molecule has 1 amide bonds. The molecule has 0 radical (unpaired) electrons. The molecule has 0 unspecified atom stereocenters. The highest BCUT2D eigenvalue weighted by atomic mass is 35.5. The molecule has 0 heterocycles. The Bertz CT molecular complexity index is 648. The SMILES string of the molecule is N#CC(=CC1=CCCC=C1)C(=O)NCc1ccc(Cl)cc1. The molecular formula is C17H15ClN2O. The highest BCUT2D eigenvalue weighted by Gasteiger charge is 2.09. The zero-order valence-electron chi connectivity index (χ0n) is 11.5. The Kier molecular flexibility index (Phi) is 5.36. The number of carbonyl (C=O) groups is 1. The first-order valence-corrected chi connectivity index (χ1v) is 7.08. The molecule has 3 nitrogen and oxygen atoms in total. The summed E-state index contributed by atoms with van der Waals surface area (Å²) in [7, 11) is 0. The van der Waals surface area contributed by atoms with Gasteiger partial charge in [-0.1, -0.05) is 42.0 Å². The Labute approximate surface area is 129 Å². The lowest BCUT2D eigenvalue weighted by Gasteiger charge is -2.06. The normalized spacial score (nSPS) is 14.3. The van der Waals surface area contributed by atoms with Gasteiger partial charge in [-0.15, -0.1) is 0 Å². The van der Waals surface area contributed by atoms with Gasteiger partial charge in [0.05, 0.1) is 0 Å². The molecule has 0 atom stereocenters. The van der Waals surface area contributed by atoms with Crippen molar-refractivity contribution in [2.24, 2.45) is 0 Å². The van der Waals surface area contributed by atoms with E-state index in [1.807, 2.05) is 36.4 Å². The summed E-state index contributed by atoms with van der Waals surface area (Å²) >= 11 is 5.80. The molecule has 1 aliphatic rings. The Morgan fingerprint density at radius 1 is 1.33 bits per heavy atom. The number of halogens is 1. The summed E-state index contributed by atoms with van der Waals surface area (Å²) in [6.45, 7) is 0.365. The largest absolute Gasteiger partial charge is 0.347 e. The van der Waals surface area contributed by atoms with Crippen LogP contribution in [0.2, 0.25) is 5.02 Å². The Hall–Kier alpha value is -2.31. The first-order chi connectivity index (χ1) is 10.2. The van der Waals surface area contributed by atoms with Crippen molar-refractivity contribution in [3.63, 3.8) is 0 Å². The second kappa shape index (κ2) is 7.47. The molecule has 0 saturated heterocycles. The van der Waals surface area contributed by atoms with Crippen molar-refractivity contribution in [1.29, 1.82) is 5.26 Å². The standard InChI is InChI=1S/C17H15ClN2O/c18-16-8-6-14(7-9-16)12-20-17(21)15(11-19)10-13-4-2-1-3-5-13/h2,4-10H,1,3,12H2,(H,20,21). The summed E-state index contributed by atoms with van der Waals surface area (Å²) < 4.78 is 0. The van der Waals surface area contributed by atoms with Crippen molar-refractivity contribution in [1.82, 2.24) is 5.32 Å². The first-order valence-electron chi connectivity index (χ1n) is 6.70. The van der Waals surface area contributed by atoms with Crippen LogP contribution in [0.3, 0.4) is 0 Å². The highest BCUT2D eigenvalue weighted by molar-refractivity contribution is 6.30. The first kappa shape index (κ1) is 15.1. The molecule has 0 bridgehead atoms. The summed E-state index contributed by atoms with van der Waals surface area (Å²) in [6.07, 6.45) is 9.53. The van der Waals surface area contributed by atoms with Crippen LogP contribution in [0.5, 0.6) is 0 Å². The van der Waals surface area contributed by atoms with Crippen LogP contribution in [-0.2, 0) is 11.3 Å². The maximum Gasteiger partial charge on any atom is 0.262 e. The second-order valence-electron chi connectivity index (χ2n) is 4.66. The lowest BCUT2D eigenvalue weighted by molar-refractivity contribution is -0.117. The smallest absolute Gasteiger partial charge is 0.262 e. The minimum absolute atomic E-state index is 0.113. The van der Waals surface area contributed by atoms with Gasteiger partial charge >= 0.3 is 0 Å². The van der Waals surface area contributed by atoms with Crippen molar-refractivity contribution in [3.8, 4) is 6.07 Å². The van der Waals surface area contributed by atoms with E-state index in [1.54, 1.807) is 18.2 Å². The summed E-state index contributed by atoms with van der Waals surface area (Å²) in [5.74, 6) is -0.368. The van der Waals surface area contributed by atoms with Gasteiger partial charge in [0.2, 0.25) is 0 Å². The fraction of sp³-hybridized carbons (Fsp3) is 0.176. The number of carbonyl (C=O) groups excluding carboxylic acids is 1. The molecular weight excluding hydrogens is 284 g/mol. The van der Waals surface area contributed by atoms with Gasteiger partial charge in [0.25, 0.3) is 5.91 Å². The van der Waals surface area contributed by atoms with E-state index in [9.17, 15) is 4.79 Å². The van der Waals surface area contributed by atoms with Gasteiger partial charge in [-0.25, -0.2) is 0 Å². The molecule has 1 aromatic rings. The zero-order chi connectivity index (χ0) is 15.1. The van der Waals surface area contributed by atoms with E-state index < -0.39 is 0 Å². The molecule has 0 aromatic heterocycles. The van der Waals surface area contributed by atoms with Gasteiger partial charge in [-0.05, 0) is 42.2 Å². The second-order valence-corrected chi connectivity index (χ2v) is 5.10. The average Bonchev–Trinajstić information content (AvgIpc) is 2.52. The molecule has 0 fully saturated rings. The number of hydrogen-bond acceptors (Lipinski definition) is 2. The van der Waals surface area contributed by atoms with Crippen LogP contribution in [0.15, 0.2) is 59.7 Å². The van der Waals surface area contributed by atoms with Gasteiger partial charge in [0.15, 0.2) is 0 Å². The topological polar surface area (TPSA) is 52.9 Å². The molecule has 106 valence electrons. The van der Waals surface area contributed by atoms with Gasteiger partial charge in [0.1, 0.15) is 11.6 Å². The number of benzene rings is 1. The van der Waals surface area contributed by atoms with Crippen molar-refractivity contribution >= 4 is 17.5 Å². The van der Waals surface area contributed by atoms with Gasteiger partial charge in [-0.2, -0.15) is 5.26 Å². The van der Waals surface area contributed by atoms with Crippen LogP contribution in [0.4, 0.5) is 0 Å². The fourth-order valence-electron chi connectivity index (χ4n) is 1.94. The highest BCUT2D eigenvalue weighted by Crippen LogP contribution is 2.13. The number of rotatable bonds is 4. The maximum absolute atomic E-state index is 12.0. The number of hydrogen-bond donors (Lipinski definition) is 1. The third-order valence-corrected chi connectivity index (χ3v) is 3.32. The lowest BCUT2D eigenvalue weighted by atomic mass is 10.0. The molecule has 21 heavy (non-hydrogen) atoms. The Morgan fingerprint density at radius 2 is 2.10 bits per heavy atom. The van der Waals surface area contributed by atoms with E-state index in [4.69, 9.17) is 16.9 Å². The monoisotopic (exact) mass is 298 g/mol. The third kappa shape index (κ3) is 4.62. The number of allylic oxidation sites excluding steroid dienone is 5. The molecule has 1 aromatic carbocycles. The van der Waals surface area contributed by atoms with Crippen LogP contribution in [0, 0.1) is 11.3 Å². The van der Waals surface area contributed by atoms with E-state index in [0.29, 0.717) is 11.6 Å². The van der Waals surface area contributed by atoms with E-state index in [0.717, 1.165) is 24.0 Å². The van der Waals surface area contributed by atoms with Crippen molar-refractivity contribution < 1.29 is 4.79 Å². The van der Waals surface area contributed by atoms with Gasteiger partial charge in [0, 0.05) is 11.6 Å². The molecule has 4 heteroatoms. The van der Waals surface area contributed by atoms with Crippen LogP contribution in [0.25, 0.3) is 0 Å². The van der Waals surface area contributed by atoms with E-state index in [2.05, 4.69) is 5.32 Å². The maximum atomic E-state index is 12.0. The van der Waals surface area contributed by atoms with Crippen molar-refractivity contribution in [2.45, 2.75) is 19.4 Å². The predicted molar refractivity (Wildman–Crippen MR) is 83.5 cm³/mol. The summed E-state index contributed by atoms with van der Waals surface area (Å²) in [4.78, 5) is 12.0. The molecule has 2 rings (SSSR count). The molecule has 1 aliphatic carbocycles. The van der Waals surface area contributed by atoms with Crippen molar-refractivity contribution in [3.05, 3.63) is 70.3 Å². The molecule has 0 saturated carbocycles. The number of nitrogens with one attached hydrogen (secondary N) is 1. The number of nitrogens with zero attached hydrogens (tertiary/aromatic N) is 1. The Morgan fingerprint density at radius 3 is 2.71 bits per heavy atom. The summed E-state index contributed by atoms with van der Waals surface area (Å²) in [6, 6.07) is 9.16. The lowest BCUT2D eigenvalue weighted by Crippen LogP contribution is -2.24. The van der Waals surface area contributed by atoms with Crippen LogP contribution in [0.1, 0.15) is 18.4 Å². The predicted octanol–water partition coefficient (Wildman–Crippen LogP) is 3.68. The van der Waals surface area contributed by atoms with Crippen LogP contribution >= 0.6 is 11.6 Å². The minimum Gasteiger partial charge on any atom is -0.347 e. The number of amides is 1. The molecule has 0 spiro atoms. The molecule has 1 N–H and O–H groups in total. The summed E-state index contributed by atoms with van der Waals surface area (Å²) in [5.41, 5.74) is 1.95. The van der Waals surface area contributed by atoms with E-state index >= 15 is 0 Å². The minimum atomic E-state index is -0.368. The van der Waals surface area contributed by atoms with Crippen molar-refractivity contribution in [2.75, 3.05) is 0 Å². The van der Waals surface area contributed by atoms with Gasteiger partial charge < -0.3 is 5.32 Å². The average molecular weight is 299 g/mol. The quantitative estimate of drug-likeness (QED) is 0.681. The number of nitriles is 1. The zero-order valence-corrected chi connectivity index (χ0v) is 12.2. The van der Waals surface area contributed by atoms with E-state index in [1.165, 1.54) is 0 Å². The van der Waals surface area contributed by atoms with Gasteiger partial charge in [-0.3, -0.25) is 4.79 Å².